The van der Waals surface area contributed by atoms with Crippen LogP contribution in [0.25, 0.3) is 10.9 Å². The number of rotatable bonds is 8. The molecule has 0 unspecified atom stereocenters. The summed E-state index contributed by atoms with van der Waals surface area (Å²) in [7, 11) is 1.63. The number of aromatic carboxylic acids is 1. The van der Waals surface area contributed by atoms with Crippen molar-refractivity contribution >= 4 is 28.5 Å². The van der Waals surface area contributed by atoms with Crippen LogP contribution in [-0.2, 0) is 19.6 Å². The monoisotopic (exact) mass is 448 g/mol. The summed E-state index contributed by atoms with van der Waals surface area (Å²) in [5.74, 6) is -0.164. The van der Waals surface area contributed by atoms with Crippen molar-refractivity contribution in [3.63, 3.8) is 0 Å². The number of carboxylic acid groups (broad SMARTS) is 1. The van der Waals surface area contributed by atoms with Gasteiger partial charge in [0, 0.05) is 41.1 Å². The van der Waals surface area contributed by atoms with Crippen molar-refractivity contribution in [3.05, 3.63) is 99.7 Å². The molecule has 0 fully saturated rings. The van der Waals surface area contributed by atoms with Gasteiger partial charge < -0.3 is 19.7 Å². The van der Waals surface area contributed by atoms with Gasteiger partial charge in [0.15, 0.2) is 0 Å². The van der Waals surface area contributed by atoms with Gasteiger partial charge in [-0.3, -0.25) is 0 Å². The summed E-state index contributed by atoms with van der Waals surface area (Å²) in [5.41, 5.74) is 5.20. The molecule has 0 aliphatic rings. The van der Waals surface area contributed by atoms with Crippen LogP contribution in [0.15, 0.2) is 66.7 Å². The average Bonchev–Trinajstić information content (AvgIpc) is 3.08. The van der Waals surface area contributed by atoms with Crippen LogP contribution in [-0.4, -0.2) is 22.8 Å². The molecule has 0 saturated heterocycles. The van der Waals surface area contributed by atoms with Crippen LogP contribution >= 0.6 is 11.6 Å². The molecule has 1 aromatic heterocycles. The number of fused-ring (bicyclic) bond motifs is 1. The van der Waals surface area contributed by atoms with Crippen LogP contribution in [0.4, 0.5) is 0 Å². The van der Waals surface area contributed by atoms with Crippen molar-refractivity contribution in [2.24, 2.45) is 0 Å². The second-order valence-corrected chi connectivity index (χ2v) is 8.25. The van der Waals surface area contributed by atoms with Crippen LogP contribution in [0, 0.1) is 6.92 Å². The summed E-state index contributed by atoms with van der Waals surface area (Å²) in [6.07, 6.45) is 0. The Balaban J connectivity index is 1.70. The van der Waals surface area contributed by atoms with E-state index in [0.717, 1.165) is 38.9 Å². The number of aryl methyl sites for hydroxylation is 1. The molecule has 1 heterocycles. The van der Waals surface area contributed by atoms with E-state index in [1.807, 2.05) is 78.2 Å². The molecule has 0 bridgehead atoms. The largest absolute Gasteiger partial charge is 0.497 e. The number of aromatic nitrogens is 1. The third-order valence-electron chi connectivity index (χ3n) is 5.57. The highest BCUT2D eigenvalue weighted by atomic mass is 35.5. The van der Waals surface area contributed by atoms with E-state index in [2.05, 4.69) is 5.32 Å². The summed E-state index contributed by atoms with van der Waals surface area (Å²) in [6.45, 7) is 3.54. The minimum atomic E-state index is -0.935. The lowest BCUT2D eigenvalue weighted by atomic mass is 10.1. The minimum absolute atomic E-state index is 0.310. The third kappa shape index (κ3) is 4.64. The van der Waals surface area contributed by atoms with Crippen LogP contribution in [0.3, 0.4) is 0 Å². The van der Waals surface area contributed by atoms with E-state index in [1.165, 1.54) is 0 Å². The first kappa shape index (κ1) is 21.9. The number of halogens is 1. The quantitative estimate of drug-likeness (QED) is 0.365. The standard InChI is InChI=1S/C26H25ClN2O3/c1-17-3-12-22-23(15-28-14-18-4-8-20(27)9-5-18)25(26(30)31)29(24(22)13-17)16-19-6-10-21(32-2)11-7-19/h3-13,28H,14-16H2,1-2H3,(H,30,31). The SMILES string of the molecule is COc1ccc(Cn2c(C(=O)O)c(CNCc3ccc(Cl)cc3)c3ccc(C)cc32)cc1. The van der Waals surface area contributed by atoms with Crippen molar-refractivity contribution < 1.29 is 14.6 Å². The fraction of sp³-hybridized carbons (Fsp3) is 0.192. The van der Waals surface area contributed by atoms with Crippen LogP contribution in [0.1, 0.15) is 32.7 Å². The smallest absolute Gasteiger partial charge is 0.352 e. The van der Waals surface area contributed by atoms with Crippen molar-refractivity contribution in [2.45, 2.75) is 26.6 Å². The maximum absolute atomic E-state index is 12.4. The Bertz CT molecular complexity index is 1250. The van der Waals surface area contributed by atoms with Gasteiger partial charge >= 0.3 is 5.97 Å². The highest BCUT2D eigenvalue weighted by molar-refractivity contribution is 6.30. The summed E-state index contributed by atoms with van der Waals surface area (Å²) < 4.78 is 7.14. The van der Waals surface area contributed by atoms with Gasteiger partial charge in [-0.2, -0.15) is 0 Å². The molecule has 164 valence electrons. The lowest BCUT2D eigenvalue weighted by molar-refractivity contribution is 0.0684. The van der Waals surface area contributed by atoms with Gasteiger partial charge in [0.1, 0.15) is 11.4 Å². The van der Waals surface area contributed by atoms with Crippen molar-refractivity contribution in [1.29, 1.82) is 0 Å². The molecule has 5 nitrogen and oxygen atoms in total. The maximum Gasteiger partial charge on any atom is 0.352 e. The first-order valence-corrected chi connectivity index (χ1v) is 10.8. The number of hydrogen-bond acceptors (Lipinski definition) is 3. The summed E-state index contributed by atoms with van der Waals surface area (Å²) in [4.78, 5) is 12.4. The molecule has 4 aromatic rings. The Kier molecular flexibility index (Phi) is 6.49. The Labute approximate surface area is 192 Å². The van der Waals surface area contributed by atoms with Gasteiger partial charge in [-0.25, -0.2) is 4.79 Å². The predicted octanol–water partition coefficient (Wildman–Crippen LogP) is 5.65. The third-order valence-corrected chi connectivity index (χ3v) is 5.82. The lowest BCUT2D eigenvalue weighted by Crippen LogP contribution is -2.17. The first-order chi connectivity index (χ1) is 15.5. The molecular formula is C26H25ClN2O3. The van der Waals surface area contributed by atoms with E-state index in [0.29, 0.717) is 30.4 Å². The van der Waals surface area contributed by atoms with Crippen LogP contribution in [0.5, 0.6) is 5.75 Å². The number of carboxylic acids is 1. The molecule has 2 N–H and O–H groups in total. The Morgan fingerprint density at radius 1 is 1.00 bits per heavy atom. The van der Waals surface area contributed by atoms with Gasteiger partial charge in [0.05, 0.1) is 7.11 Å². The maximum atomic E-state index is 12.4. The number of carbonyl (C=O) groups is 1. The number of benzene rings is 3. The van der Waals surface area contributed by atoms with Crippen LogP contribution in [0.2, 0.25) is 5.02 Å². The van der Waals surface area contributed by atoms with E-state index in [9.17, 15) is 9.90 Å². The second-order valence-electron chi connectivity index (χ2n) is 7.82. The summed E-state index contributed by atoms with van der Waals surface area (Å²) in [5, 5.41) is 15.2. The zero-order chi connectivity index (χ0) is 22.7. The van der Waals surface area contributed by atoms with Gasteiger partial charge in [0.25, 0.3) is 0 Å². The molecule has 0 saturated carbocycles. The Morgan fingerprint density at radius 3 is 2.34 bits per heavy atom. The predicted molar refractivity (Wildman–Crippen MR) is 128 cm³/mol. The van der Waals surface area contributed by atoms with Gasteiger partial charge in [-0.05, 0) is 53.9 Å². The summed E-state index contributed by atoms with van der Waals surface area (Å²) in [6, 6.07) is 21.4. The Hall–Kier alpha value is -3.28. The van der Waals surface area contributed by atoms with E-state index in [1.54, 1.807) is 7.11 Å². The van der Waals surface area contributed by atoms with E-state index in [4.69, 9.17) is 16.3 Å². The van der Waals surface area contributed by atoms with Crippen molar-refractivity contribution in [2.75, 3.05) is 7.11 Å². The lowest BCUT2D eigenvalue weighted by Gasteiger charge is -2.11. The van der Waals surface area contributed by atoms with E-state index in [-0.39, 0.29) is 0 Å². The highest BCUT2D eigenvalue weighted by Crippen LogP contribution is 2.29. The highest BCUT2D eigenvalue weighted by Gasteiger charge is 2.22. The number of ether oxygens (including phenoxy) is 1. The number of hydrogen-bond donors (Lipinski definition) is 2. The minimum Gasteiger partial charge on any atom is -0.497 e. The molecule has 3 aromatic carbocycles. The topological polar surface area (TPSA) is 63.5 Å². The number of methoxy groups -OCH3 is 1. The summed E-state index contributed by atoms with van der Waals surface area (Å²) >= 11 is 5.97. The van der Waals surface area contributed by atoms with Gasteiger partial charge in [0.2, 0.25) is 0 Å². The molecule has 6 heteroatoms. The first-order valence-electron chi connectivity index (χ1n) is 10.4. The average molecular weight is 449 g/mol. The zero-order valence-electron chi connectivity index (χ0n) is 18.1. The van der Waals surface area contributed by atoms with Gasteiger partial charge in [-0.15, -0.1) is 0 Å². The second kappa shape index (κ2) is 9.47. The molecule has 0 radical (unpaired) electrons. The molecule has 0 atom stereocenters. The zero-order valence-corrected chi connectivity index (χ0v) is 18.8. The molecule has 0 spiro atoms. The number of nitrogens with zero attached hydrogens (tertiary/aromatic N) is 1. The molecule has 4 rings (SSSR count). The molecule has 0 aliphatic carbocycles. The van der Waals surface area contributed by atoms with Crippen LogP contribution < -0.4 is 10.1 Å². The normalized spacial score (nSPS) is 11.1. The number of nitrogens with one attached hydrogen (secondary N) is 1. The van der Waals surface area contributed by atoms with E-state index >= 15 is 0 Å². The van der Waals surface area contributed by atoms with E-state index < -0.39 is 5.97 Å². The fourth-order valence-corrected chi connectivity index (χ4v) is 4.09. The Morgan fingerprint density at radius 2 is 1.69 bits per heavy atom. The molecule has 32 heavy (non-hydrogen) atoms. The fourth-order valence-electron chi connectivity index (χ4n) is 3.97. The van der Waals surface area contributed by atoms with Crippen molar-refractivity contribution in [1.82, 2.24) is 9.88 Å². The molecule has 0 amide bonds. The molecule has 0 aliphatic heterocycles. The van der Waals surface area contributed by atoms with Gasteiger partial charge in [-0.1, -0.05) is 48.0 Å². The molecular weight excluding hydrogens is 424 g/mol. The van der Waals surface area contributed by atoms with Crippen molar-refractivity contribution in [3.8, 4) is 5.75 Å².